The molecule has 1 aromatic carbocycles. The number of carbonyl (C=O) groups excluding carboxylic acids is 3. The van der Waals surface area contributed by atoms with Crippen LogP contribution in [-0.4, -0.2) is 40.9 Å². The minimum absolute atomic E-state index is 0.0760. The number of nitrogens with zero attached hydrogens (tertiary/aromatic N) is 1. The first-order valence-electron chi connectivity index (χ1n) is 12.0. The molecule has 1 aliphatic rings. The molecule has 0 unspecified atom stereocenters. The molecule has 3 rings (SSSR count). The van der Waals surface area contributed by atoms with Gasteiger partial charge < -0.3 is 19.9 Å². The number of benzene rings is 1. The number of hydrogen-bond acceptors (Lipinski definition) is 4. The quantitative estimate of drug-likeness (QED) is 0.398. The zero-order chi connectivity index (χ0) is 25.8. The van der Waals surface area contributed by atoms with Gasteiger partial charge >= 0.3 is 0 Å². The van der Waals surface area contributed by atoms with E-state index in [9.17, 15) is 23.2 Å². The van der Waals surface area contributed by atoms with Gasteiger partial charge in [0, 0.05) is 37.6 Å². The van der Waals surface area contributed by atoms with Crippen LogP contribution in [0, 0.1) is 25.5 Å². The molecule has 2 N–H and O–H groups in total. The van der Waals surface area contributed by atoms with Gasteiger partial charge in [0.2, 0.25) is 0 Å². The first-order chi connectivity index (χ1) is 16.6. The third-order valence-corrected chi connectivity index (χ3v) is 6.70. The summed E-state index contributed by atoms with van der Waals surface area (Å²) >= 11 is 0. The predicted molar refractivity (Wildman–Crippen MR) is 129 cm³/mol. The van der Waals surface area contributed by atoms with E-state index in [1.54, 1.807) is 20.9 Å². The summed E-state index contributed by atoms with van der Waals surface area (Å²) < 4.78 is 34.3. The summed E-state index contributed by atoms with van der Waals surface area (Å²) in [6, 6.07) is 3.03. The molecule has 0 aliphatic heterocycles. The number of hydrogen-bond donors (Lipinski definition) is 2. The van der Waals surface area contributed by atoms with Gasteiger partial charge in [-0.2, -0.15) is 0 Å². The molecule has 0 saturated heterocycles. The van der Waals surface area contributed by atoms with Crippen LogP contribution < -0.4 is 10.6 Å². The van der Waals surface area contributed by atoms with Gasteiger partial charge in [0.25, 0.3) is 17.6 Å². The smallest absolute Gasteiger partial charge is 0.294 e. The van der Waals surface area contributed by atoms with Gasteiger partial charge in [-0.15, -0.1) is 0 Å². The second-order valence-electron chi connectivity index (χ2n) is 9.18. The molecule has 7 nitrogen and oxygen atoms in total. The molecular weight excluding hydrogens is 456 g/mol. The van der Waals surface area contributed by atoms with Crippen LogP contribution in [0.3, 0.4) is 0 Å². The summed E-state index contributed by atoms with van der Waals surface area (Å²) in [6.07, 6.45) is 5.68. The summed E-state index contributed by atoms with van der Waals surface area (Å²) in [4.78, 5) is 38.9. The number of carbonyl (C=O) groups is 3. The molecule has 1 heterocycles. The molecule has 1 aromatic heterocycles. The summed E-state index contributed by atoms with van der Waals surface area (Å²) in [5, 5.41) is 5.28. The van der Waals surface area contributed by atoms with E-state index >= 15 is 0 Å². The van der Waals surface area contributed by atoms with Crippen molar-refractivity contribution in [3.05, 3.63) is 52.3 Å². The fourth-order valence-electron chi connectivity index (χ4n) is 4.72. The largest absolute Gasteiger partial charge is 0.373 e. The summed E-state index contributed by atoms with van der Waals surface area (Å²) in [6.45, 7) is 6.11. The van der Waals surface area contributed by atoms with E-state index in [1.807, 2.05) is 6.92 Å². The Labute approximate surface area is 204 Å². The van der Waals surface area contributed by atoms with Gasteiger partial charge in [-0.3, -0.25) is 14.4 Å². The molecule has 2 aromatic rings. The second-order valence-corrected chi connectivity index (χ2v) is 9.18. The molecule has 1 fully saturated rings. The third-order valence-electron chi connectivity index (χ3n) is 6.70. The van der Waals surface area contributed by atoms with Gasteiger partial charge in [0.15, 0.2) is 11.6 Å². The highest BCUT2D eigenvalue weighted by atomic mass is 19.2. The lowest BCUT2D eigenvalue weighted by Gasteiger charge is -2.37. The molecule has 190 valence electrons. The van der Waals surface area contributed by atoms with Crippen molar-refractivity contribution >= 4 is 23.3 Å². The van der Waals surface area contributed by atoms with E-state index in [4.69, 9.17) is 4.74 Å². The van der Waals surface area contributed by atoms with Crippen molar-refractivity contribution in [3.63, 3.8) is 0 Å². The normalized spacial score (nSPS) is 15.0. The van der Waals surface area contributed by atoms with E-state index in [-0.39, 0.29) is 23.5 Å². The number of aromatic nitrogens is 1. The van der Waals surface area contributed by atoms with Crippen LogP contribution in [0.4, 0.5) is 14.5 Å². The zero-order valence-corrected chi connectivity index (χ0v) is 20.7. The molecule has 0 bridgehead atoms. The first kappa shape index (κ1) is 26.5. The zero-order valence-electron chi connectivity index (χ0n) is 20.7. The summed E-state index contributed by atoms with van der Waals surface area (Å²) in [5.74, 6) is -4.21. The Bertz CT molecular complexity index is 1120. The molecule has 9 heteroatoms. The maximum absolute atomic E-state index is 13.5. The Balaban J connectivity index is 1.77. The molecule has 2 amide bonds. The van der Waals surface area contributed by atoms with E-state index < -0.39 is 34.8 Å². The second kappa shape index (κ2) is 11.1. The third kappa shape index (κ3) is 5.78. The molecule has 0 radical (unpaired) electrons. The molecule has 1 saturated carbocycles. The molecule has 35 heavy (non-hydrogen) atoms. The molecular formula is C26H33F2N3O4. The number of amides is 2. The highest BCUT2D eigenvalue weighted by Crippen LogP contribution is 2.31. The summed E-state index contributed by atoms with van der Waals surface area (Å²) in [5.41, 5.74) is 0.713. The van der Waals surface area contributed by atoms with Gasteiger partial charge in [-0.1, -0.05) is 26.2 Å². The average molecular weight is 490 g/mol. The molecule has 0 atom stereocenters. The number of halogens is 2. The van der Waals surface area contributed by atoms with E-state index in [0.717, 1.165) is 50.7 Å². The molecule has 0 spiro atoms. The first-order valence-corrected chi connectivity index (χ1v) is 12.0. The monoisotopic (exact) mass is 489 g/mol. The minimum atomic E-state index is -1.09. The Morgan fingerprint density at radius 2 is 1.77 bits per heavy atom. The van der Waals surface area contributed by atoms with Crippen LogP contribution in [0.15, 0.2) is 18.2 Å². The minimum Gasteiger partial charge on any atom is -0.373 e. The van der Waals surface area contributed by atoms with Gasteiger partial charge in [0.1, 0.15) is 0 Å². The Morgan fingerprint density at radius 1 is 1.09 bits per heavy atom. The van der Waals surface area contributed by atoms with Crippen molar-refractivity contribution in [1.82, 2.24) is 9.88 Å². The van der Waals surface area contributed by atoms with Crippen molar-refractivity contribution in [2.75, 3.05) is 18.5 Å². The van der Waals surface area contributed by atoms with E-state index in [2.05, 4.69) is 10.6 Å². The number of Topliss-reactive ketones (excluding diaryl/α,β-unsaturated/α-hetero) is 1. The Hall–Kier alpha value is -3.07. The van der Waals surface area contributed by atoms with Gasteiger partial charge in [-0.05, 0) is 50.8 Å². The fourth-order valence-corrected chi connectivity index (χ4v) is 4.72. The van der Waals surface area contributed by atoms with Crippen LogP contribution >= 0.6 is 0 Å². The van der Waals surface area contributed by atoms with Crippen molar-refractivity contribution in [2.45, 2.75) is 64.9 Å². The van der Waals surface area contributed by atoms with Gasteiger partial charge in [-0.25, -0.2) is 8.78 Å². The maximum Gasteiger partial charge on any atom is 0.294 e. The number of rotatable bonds is 9. The van der Waals surface area contributed by atoms with Crippen LogP contribution in [0.5, 0.6) is 0 Å². The highest BCUT2D eigenvalue weighted by Gasteiger charge is 2.35. The van der Waals surface area contributed by atoms with Crippen LogP contribution in [0.25, 0.3) is 0 Å². The lowest BCUT2D eigenvalue weighted by Crippen LogP contribution is -2.48. The van der Waals surface area contributed by atoms with Crippen LogP contribution in [0.1, 0.15) is 77.6 Å². The van der Waals surface area contributed by atoms with Crippen molar-refractivity contribution < 1.29 is 27.9 Å². The predicted octanol–water partition coefficient (Wildman–Crippen LogP) is 4.60. The Kier molecular flexibility index (Phi) is 8.43. The Morgan fingerprint density at radius 3 is 2.40 bits per heavy atom. The average Bonchev–Trinajstić information content (AvgIpc) is 3.06. The number of anilines is 1. The standard InChI is InChI=1S/C26H33F2N3O4/c1-5-13-35-26(11-7-6-8-12-26)15-29-25(34)23(32)22-16(2)21(17(3)31(22)4)24(33)30-18-9-10-19(27)20(28)14-18/h9-10,14H,5-8,11-13,15H2,1-4H3,(H,29,34)(H,30,33). The fraction of sp³-hybridized carbons (Fsp3) is 0.500. The van der Waals surface area contributed by atoms with E-state index in [0.29, 0.717) is 17.9 Å². The molecule has 1 aliphatic carbocycles. The summed E-state index contributed by atoms with van der Waals surface area (Å²) in [7, 11) is 1.60. The van der Waals surface area contributed by atoms with Gasteiger partial charge in [0.05, 0.1) is 16.9 Å². The van der Waals surface area contributed by atoms with Crippen molar-refractivity contribution in [3.8, 4) is 0 Å². The van der Waals surface area contributed by atoms with E-state index in [1.165, 1.54) is 10.6 Å². The number of ketones is 1. The lowest BCUT2D eigenvalue weighted by molar-refractivity contribution is -0.120. The van der Waals surface area contributed by atoms with Crippen LogP contribution in [-0.2, 0) is 16.6 Å². The lowest BCUT2D eigenvalue weighted by atomic mass is 9.84. The van der Waals surface area contributed by atoms with Crippen LogP contribution in [0.2, 0.25) is 0 Å². The maximum atomic E-state index is 13.5. The number of ether oxygens (including phenoxy) is 1. The number of nitrogens with one attached hydrogen (secondary N) is 2. The van der Waals surface area contributed by atoms with Crippen molar-refractivity contribution in [1.29, 1.82) is 0 Å². The van der Waals surface area contributed by atoms with Crippen molar-refractivity contribution in [2.24, 2.45) is 7.05 Å². The highest BCUT2D eigenvalue weighted by molar-refractivity contribution is 6.43. The SMILES string of the molecule is CCCOC1(CNC(=O)C(=O)c2c(C)c(C(=O)Nc3ccc(F)c(F)c3)c(C)n2C)CCCCC1. The topological polar surface area (TPSA) is 89.4 Å².